The minimum Gasteiger partial charge on any atom is -0.464 e. The predicted molar refractivity (Wildman–Crippen MR) is 67.0 cm³/mol. The first-order valence-electron chi connectivity index (χ1n) is 6.67. The highest BCUT2D eigenvalue weighted by Gasteiger charge is 2.36. The SMILES string of the molecule is CCOC(=O)C(C(=O)OCC)N1CCC(C)CC1. The Morgan fingerprint density at radius 2 is 1.56 bits per heavy atom. The molecule has 0 amide bonds. The van der Waals surface area contributed by atoms with Crippen molar-refractivity contribution in [2.75, 3.05) is 26.3 Å². The van der Waals surface area contributed by atoms with Gasteiger partial charge in [-0.15, -0.1) is 0 Å². The number of esters is 2. The van der Waals surface area contributed by atoms with E-state index >= 15 is 0 Å². The van der Waals surface area contributed by atoms with Gasteiger partial charge in [0, 0.05) is 0 Å². The van der Waals surface area contributed by atoms with Crippen LogP contribution in [0.15, 0.2) is 0 Å². The Kier molecular flexibility index (Phi) is 6.12. The van der Waals surface area contributed by atoms with Crippen LogP contribution < -0.4 is 0 Å². The van der Waals surface area contributed by atoms with Crippen molar-refractivity contribution >= 4 is 11.9 Å². The topological polar surface area (TPSA) is 55.8 Å². The molecule has 0 unspecified atom stereocenters. The number of hydrogen-bond donors (Lipinski definition) is 0. The number of rotatable bonds is 5. The molecule has 1 saturated heterocycles. The van der Waals surface area contributed by atoms with Crippen LogP contribution in [-0.2, 0) is 19.1 Å². The monoisotopic (exact) mass is 257 g/mol. The van der Waals surface area contributed by atoms with Gasteiger partial charge in [0.05, 0.1) is 13.2 Å². The summed E-state index contributed by atoms with van der Waals surface area (Å²) in [6.07, 6.45) is 1.99. The molecule has 18 heavy (non-hydrogen) atoms. The molecule has 0 spiro atoms. The van der Waals surface area contributed by atoms with Gasteiger partial charge in [-0.3, -0.25) is 4.90 Å². The van der Waals surface area contributed by atoms with Gasteiger partial charge in [0.2, 0.25) is 6.04 Å². The Labute approximate surface area is 108 Å². The standard InChI is InChI=1S/C13H23NO4/c1-4-17-12(15)11(13(16)18-5-2)14-8-6-10(3)7-9-14/h10-11H,4-9H2,1-3H3. The first-order chi connectivity index (χ1) is 8.60. The minimum absolute atomic E-state index is 0.277. The van der Waals surface area contributed by atoms with E-state index in [0.29, 0.717) is 5.92 Å². The van der Waals surface area contributed by atoms with Crippen LogP contribution in [0, 0.1) is 5.92 Å². The lowest BCUT2D eigenvalue weighted by molar-refractivity contribution is -0.164. The molecule has 1 rings (SSSR count). The predicted octanol–water partition coefficient (Wildman–Crippen LogP) is 1.21. The van der Waals surface area contributed by atoms with E-state index in [1.165, 1.54) is 0 Å². The van der Waals surface area contributed by atoms with Crippen molar-refractivity contribution in [3.05, 3.63) is 0 Å². The van der Waals surface area contributed by atoms with Gasteiger partial charge in [0.25, 0.3) is 0 Å². The van der Waals surface area contributed by atoms with Crippen LogP contribution in [0.3, 0.4) is 0 Å². The molecule has 0 aromatic rings. The molecule has 0 bridgehead atoms. The number of nitrogens with zero attached hydrogens (tertiary/aromatic N) is 1. The molecular formula is C13H23NO4. The number of hydrogen-bond acceptors (Lipinski definition) is 5. The van der Waals surface area contributed by atoms with Crippen LogP contribution in [0.1, 0.15) is 33.6 Å². The molecule has 0 saturated carbocycles. The van der Waals surface area contributed by atoms with E-state index in [2.05, 4.69) is 6.92 Å². The summed E-state index contributed by atoms with van der Waals surface area (Å²) in [5.41, 5.74) is 0. The van der Waals surface area contributed by atoms with E-state index in [-0.39, 0.29) is 13.2 Å². The molecule has 0 radical (unpaired) electrons. The zero-order valence-corrected chi connectivity index (χ0v) is 11.5. The molecule has 0 aromatic carbocycles. The highest BCUT2D eigenvalue weighted by Crippen LogP contribution is 2.19. The number of carbonyl (C=O) groups is 2. The maximum absolute atomic E-state index is 11.9. The maximum Gasteiger partial charge on any atom is 0.335 e. The van der Waals surface area contributed by atoms with Crippen LogP contribution in [0.4, 0.5) is 0 Å². The third-order valence-corrected chi connectivity index (χ3v) is 3.20. The number of likely N-dealkylation sites (tertiary alicyclic amines) is 1. The second-order valence-corrected chi connectivity index (χ2v) is 4.63. The molecule has 1 aliphatic heterocycles. The van der Waals surface area contributed by atoms with E-state index in [1.807, 2.05) is 4.90 Å². The molecule has 5 nitrogen and oxygen atoms in total. The van der Waals surface area contributed by atoms with Gasteiger partial charge in [-0.1, -0.05) is 6.92 Å². The first-order valence-corrected chi connectivity index (χ1v) is 6.67. The van der Waals surface area contributed by atoms with Gasteiger partial charge in [0.1, 0.15) is 0 Å². The van der Waals surface area contributed by atoms with Gasteiger partial charge in [-0.2, -0.15) is 0 Å². The first kappa shape index (κ1) is 15.0. The molecule has 1 aliphatic rings. The summed E-state index contributed by atoms with van der Waals surface area (Å²) in [5, 5.41) is 0. The smallest absolute Gasteiger partial charge is 0.335 e. The maximum atomic E-state index is 11.9. The van der Waals surface area contributed by atoms with Crippen LogP contribution in [0.5, 0.6) is 0 Å². The normalized spacial score (nSPS) is 17.8. The Hall–Kier alpha value is -1.10. The molecule has 0 aromatic heterocycles. The van der Waals surface area contributed by atoms with Crippen LogP contribution in [0.2, 0.25) is 0 Å². The zero-order chi connectivity index (χ0) is 13.5. The summed E-state index contributed by atoms with van der Waals surface area (Å²) < 4.78 is 9.94. The summed E-state index contributed by atoms with van der Waals surface area (Å²) in [6.45, 7) is 7.68. The lowest BCUT2D eigenvalue weighted by atomic mass is 9.98. The quantitative estimate of drug-likeness (QED) is 0.547. The summed E-state index contributed by atoms with van der Waals surface area (Å²) in [4.78, 5) is 25.6. The van der Waals surface area contributed by atoms with Crippen LogP contribution in [-0.4, -0.2) is 49.2 Å². The molecule has 1 heterocycles. The van der Waals surface area contributed by atoms with Gasteiger partial charge in [0.15, 0.2) is 0 Å². The minimum atomic E-state index is -0.891. The molecule has 104 valence electrons. The van der Waals surface area contributed by atoms with Gasteiger partial charge in [-0.05, 0) is 45.7 Å². The van der Waals surface area contributed by atoms with E-state index < -0.39 is 18.0 Å². The molecule has 5 heteroatoms. The fourth-order valence-corrected chi connectivity index (χ4v) is 2.12. The van der Waals surface area contributed by atoms with E-state index in [0.717, 1.165) is 25.9 Å². The average molecular weight is 257 g/mol. The second kappa shape index (κ2) is 7.36. The van der Waals surface area contributed by atoms with Crippen LogP contribution >= 0.6 is 0 Å². The number of ether oxygens (including phenoxy) is 2. The van der Waals surface area contributed by atoms with Crippen molar-refractivity contribution in [1.82, 2.24) is 4.90 Å². The van der Waals surface area contributed by atoms with Crippen molar-refractivity contribution < 1.29 is 19.1 Å². The Morgan fingerprint density at radius 1 is 1.11 bits per heavy atom. The van der Waals surface area contributed by atoms with E-state index in [4.69, 9.17) is 9.47 Å². The fraction of sp³-hybridized carbons (Fsp3) is 0.846. The van der Waals surface area contributed by atoms with Crippen molar-refractivity contribution in [3.8, 4) is 0 Å². The van der Waals surface area contributed by atoms with Crippen molar-refractivity contribution in [3.63, 3.8) is 0 Å². The highest BCUT2D eigenvalue weighted by molar-refractivity contribution is 5.99. The van der Waals surface area contributed by atoms with Crippen LogP contribution in [0.25, 0.3) is 0 Å². The largest absolute Gasteiger partial charge is 0.464 e. The lowest BCUT2D eigenvalue weighted by Crippen LogP contribution is -2.51. The molecule has 0 N–H and O–H groups in total. The van der Waals surface area contributed by atoms with Gasteiger partial charge < -0.3 is 9.47 Å². The summed E-state index contributed by atoms with van der Waals surface area (Å²) in [5.74, 6) is -0.345. The van der Waals surface area contributed by atoms with E-state index in [9.17, 15) is 9.59 Å². The Morgan fingerprint density at radius 3 is 1.94 bits per heavy atom. The third kappa shape index (κ3) is 3.98. The highest BCUT2D eigenvalue weighted by atomic mass is 16.6. The average Bonchev–Trinajstić information content (AvgIpc) is 2.33. The summed E-state index contributed by atoms with van der Waals surface area (Å²) in [6, 6.07) is -0.891. The second-order valence-electron chi connectivity index (χ2n) is 4.63. The Bertz CT molecular complexity index is 267. The van der Waals surface area contributed by atoms with Crippen molar-refractivity contribution in [1.29, 1.82) is 0 Å². The fourth-order valence-electron chi connectivity index (χ4n) is 2.12. The Balaban J connectivity index is 2.70. The van der Waals surface area contributed by atoms with Gasteiger partial charge in [-0.25, -0.2) is 9.59 Å². The number of carbonyl (C=O) groups excluding carboxylic acids is 2. The van der Waals surface area contributed by atoms with Crippen molar-refractivity contribution in [2.45, 2.75) is 39.7 Å². The van der Waals surface area contributed by atoms with Crippen molar-refractivity contribution in [2.24, 2.45) is 5.92 Å². The summed E-state index contributed by atoms with van der Waals surface area (Å²) >= 11 is 0. The summed E-state index contributed by atoms with van der Waals surface area (Å²) in [7, 11) is 0. The molecular weight excluding hydrogens is 234 g/mol. The van der Waals surface area contributed by atoms with E-state index in [1.54, 1.807) is 13.8 Å². The lowest BCUT2D eigenvalue weighted by Gasteiger charge is -2.33. The van der Waals surface area contributed by atoms with Gasteiger partial charge >= 0.3 is 11.9 Å². The number of piperidine rings is 1. The molecule has 0 aliphatic carbocycles. The third-order valence-electron chi connectivity index (χ3n) is 3.20. The molecule has 0 atom stereocenters. The zero-order valence-electron chi connectivity index (χ0n) is 11.5. The molecule has 1 fully saturated rings.